The number of carbonyl (C=O) groups excluding carboxylic acids is 2. The molecular weight excluding hydrogens is 380 g/mol. The monoisotopic (exact) mass is 402 g/mol. The number of nitrogens with zero attached hydrogens (tertiary/aromatic N) is 4. The molecule has 0 radical (unpaired) electrons. The van der Waals surface area contributed by atoms with Crippen LogP contribution in [0.2, 0.25) is 5.02 Å². The number of anilines is 1. The standard InChI is InChI=1S/C19H23ClN6O2/c1-11-12(2)26-15-16(24(3)19(28)23-17(15)27)22-18(26)25(11)10-4-9-21-14-7-5-13(20)6-8-14/h5-8,15-16,21H,4,9-10H2,1-3H3,(H,23,27,28). The molecule has 1 saturated heterocycles. The highest BCUT2D eigenvalue weighted by Gasteiger charge is 2.52. The van der Waals surface area contributed by atoms with E-state index >= 15 is 0 Å². The van der Waals surface area contributed by atoms with E-state index in [1.807, 2.05) is 43.0 Å². The van der Waals surface area contributed by atoms with Gasteiger partial charge in [-0.3, -0.25) is 15.0 Å². The molecule has 0 spiro atoms. The number of nitrogens with one attached hydrogen (secondary N) is 2. The van der Waals surface area contributed by atoms with Gasteiger partial charge in [-0.05, 0) is 44.5 Å². The maximum Gasteiger partial charge on any atom is 0.325 e. The molecule has 3 amide bonds. The van der Waals surface area contributed by atoms with Crippen LogP contribution in [0.4, 0.5) is 10.5 Å². The molecule has 2 unspecified atom stereocenters. The van der Waals surface area contributed by atoms with Gasteiger partial charge in [0.25, 0.3) is 5.91 Å². The molecule has 148 valence electrons. The van der Waals surface area contributed by atoms with E-state index in [1.54, 1.807) is 7.05 Å². The van der Waals surface area contributed by atoms with E-state index in [9.17, 15) is 9.59 Å². The molecule has 4 rings (SSSR count). The highest BCUT2D eigenvalue weighted by atomic mass is 35.5. The van der Waals surface area contributed by atoms with Crippen LogP contribution in [0.1, 0.15) is 20.3 Å². The number of fused-ring (bicyclic) bond motifs is 3. The van der Waals surface area contributed by atoms with Crippen molar-refractivity contribution >= 4 is 35.2 Å². The van der Waals surface area contributed by atoms with Crippen molar-refractivity contribution in [3.05, 3.63) is 40.7 Å². The van der Waals surface area contributed by atoms with Crippen molar-refractivity contribution in [1.29, 1.82) is 0 Å². The smallest absolute Gasteiger partial charge is 0.325 e. The molecule has 3 heterocycles. The zero-order valence-electron chi connectivity index (χ0n) is 16.1. The lowest BCUT2D eigenvalue weighted by Crippen LogP contribution is -2.63. The fraction of sp³-hybridized carbons (Fsp3) is 0.421. The molecule has 0 bridgehead atoms. The van der Waals surface area contributed by atoms with E-state index in [4.69, 9.17) is 16.6 Å². The van der Waals surface area contributed by atoms with Crippen molar-refractivity contribution in [2.45, 2.75) is 32.5 Å². The number of hydrogen-bond donors (Lipinski definition) is 2. The Kier molecular flexibility index (Phi) is 4.66. The zero-order valence-corrected chi connectivity index (χ0v) is 16.8. The number of rotatable bonds is 5. The van der Waals surface area contributed by atoms with Gasteiger partial charge in [-0.15, -0.1) is 0 Å². The number of imide groups is 1. The summed E-state index contributed by atoms with van der Waals surface area (Å²) in [6.45, 7) is 5.58. The quantitative estimate of drug-likeness (QED) is 0.738. The van der Waals surface area contributed by atoms with Crippen molar-refractivity contribution in [2.24, 2.45) is 4.99 Å². The van der Waals surface area contributed by atoms with Crippen LogP contribution in [0.15, 0.2) is 40.7 Å². The molecule has 0 saturated carbocycles. The van der Waals surface area contributed by atoms with Crippen LogP contribution in [0, 0.1) is 0 Å². The van der Waals surface area contributed by atoms with Gasteiger partial charge in [0, 0.05) is 42.2 Å². The summed E-state index contributed by atoms with van der Waals surface area (Å²) in [5.41, 5.74) is 3.10. The molecule has 0 aromatic heterocycles. The number of hydrogen-bond acceptors (Lipinski definition) is 6. The lowest BCUT2D eigenvalue weighted by molar-refractivity contribution is -0.126. The Morgan fingerprint density at radius 2 is 1.89 bits per heavy atom. The van der Waals surface area contributed by atoms with E-state index in [0.29, 0.717) is 5.02 Å². The lowest BCUT2D eigenvalue weighted by Gasteiger charge is -2.35. The fourth-order valence-corrected chi connectivity index (χ4v) is 3.96. The van der Waals surface area contributed by atoms with Crippen molar-refractivity contribution in [2.75, 3.05) is 25.5 Å². The Morgan fingerprint density at radius 3 is 2.61 bits per heavy atom. The van der Waals surface area contributed by atoms with E-state index in [1.165, 1.54) is 4.90 Å². The molecule has 1 aromatic rings. The Morgan fingerprint density at radius 1 is 1.18 bits per heavy atom. The molecule has 3 aliphatic heterocycles. The molecule has 1 fully saturated rings. The van der Waals surface area contributed by atoms with Crippen LogP contribution >= 0.6 is 11.6 Å². The number of likely N-dealkylation sites (N-methyl/N-ethyl adjacent to an activating group) is 1. The zero-order chi connectivity index (χ0) is 20.0. The number of halogens is 1. The molecule has 8 nitrogen and oxygen atoms in total. The summed E-state index contributed by atoms with van der Waals surface area (Å²) in [5, 5.41) is 6.50. The first-order valence-electron chi connectivity index (χ1n) is 9.27. The maximum absolute atomic E-state index is 12.4. The predicted molar refractivity (Wildman–Crippen MR) is 108 cm³/mol. The summed E-state index contributed by atoms with van der Waals surface area (Å²) >= 11 is 5.91. The Hall–Kier alpha value is -2.74. The number of allylic oxidation sites excluding steroid dienone is 2. The minimum atomic E-state index is -0.509. The topological polar surface area (TPSA) is 80.3 Å². The predicted octanol–water partition coefficient (Wildman–Crippen LogP) is 2.26. The van der Waals surface area contributed by atoms with Crippen LogP contribution in [0.5, 0.6) is 0 Å². The molecule has 1 aromatic carbocycles. The summed E-state index contributed by atoms with van der Waals surface area (Å²) in [7, 11) is 1.66. The molecule has 2 N–H and O–H groups in total. The first-order valence-corrected chi connectivity index (χ1v) is 9.65. The summed E-state index contributed by atoms with van der Waals surface area (Å²) in [5.74, 6) is 0.443. The van der Waals surface area contributed by atoms with Gasteiger partial charge in [-0.25, -0.2) is 9.79 Å². The number of aliphatic imine (C=N–C) groups is 1. The highest BCUT2D eigenvalue weighted by Crippen LogP contribution is 2.36. The van der Waals surface area contributed by atoms with Gasteiger partial charge in [-0.1, -0.05) is 11.6 Å². The van der Waals surface area contributed by atoms with Crippen molar-refractivity contribution < 1.29 is 9.59 Å². The third-order valence-corrected chi connectivity index (χ3v) is 5.75. The lowest BCUT2D eigenvalue weighted by atomic mass is 10.1. The molecule has 28 heavy (non-hydrogen) atoms. The Balaban J connectivity index is 1.44. The van der Waals surface area contributed by atoms with E-state index in [0.717, 1.165) is 42.6 Å². The van der Waals surface area contributed by atoms with Gasteiger partial charge in [0.2, 0.25) is 5.96 Å². The Labute approximate surface area is 168 Å². The summed E-state index contributed by atoms with van der Waals surface area (Å²) in [6.07, 6.45) is 0.394. The second-order valence-electron chi connectivity index (χ2n) is 7.17. The first-order chi connectivity index (χ1) is 13.4. The molecule has 0 aliphatic carbocycles. The highest BCUT2D eigenvalue weighted by molar-refractivity contribution is 6.30. The van der Waals surface area contributed by atoms with Crippen molar-refractivity contribution in [3.63, 3.8) is 0 Å². The Bertz CT molecular complexity index is 881. The molecule has 3 aliphatic rings. The van der Waals surface area contributed by atoms with Crippen LogP contribution in [0.3, 0.4) is 0 Å². The summed E-state index contributed by atoms with van der Waals surface area (Å²) in [4.78, 5) is 34.6. The molecule has 2 atom stereocenters. The van der Waals surface area contributed by atoms with Gasteiger partial charge >= 0.3 is 6.03 Å². The largest absolute Gasteiger partial charge is 0.385 e. The average molecular weight is 403 g/mol. The van der Waals surface area contributed by atoms with Gasteiger partial charge < -0.3 is 15.1 Å². The minimum absolute atomic E-state index is 0.301. The van der Waals surface area contributed by atoms with Crippen molar-refractivity contribution in [3.8, 4) is 0 Å². The average Bonchev–Trinajstić information content (AvgIpc) is 3.16. The number of benzene rings is 1. The van der Waals surface area contributed by atoms with Crippen LogP contribution in [-0.4, -0.2) is 64.9 Å². The normalized spacial score (nSPS) is 23.7. The molecular formula is C19H23ClN6O2. The fourth-order valence-electron chi connectivity index (χ4n) is 3.83. The van der Waals surface area contributed by atoms with Gasteiger partial charge in [0.05, 0.1) is 0 Å². The first kappa shape index (κ1) is 18.6. The van der Waals surface area contributed by atoms with Crippen molar-refractivity contribution in [1.82, 2.24) is 20.0 Å². The van der Waals surface area contributed by atoms with Crippen LogP contribution in [-0.2, 0) is 4.79 Å². The number of guanidine groups is 1. The minimum Gasteiger partial charge on any atom is -0.385 e. The maximum atomic E-state index is 12.4. The second kappa shape index (κ2) is 7.01. The number of carbonyl (C=O) groups is 2. The molecule has 9 heteroatoms. The number of urea groups is 1. The van der Waals surface area contributed by atoms with Gasteiger partial charge in [0.15, 0.2) is 12.2 Å². The van der Waals surface area contributed by atoms with E-state index in [2.05, 4.69) is 15.5 Å². The van der Waals surface area contributed by atoms with E-state index < -0.39 is 18.2 Å². The SMILES string of the molecule is CC1=C(C)N2C(=NC3C2C(=O)NC(=O)N3C)N1CCCNc1ccc(Cl)cc1. The third kappa shape index (κ3) is 2.97. The number of amides is 3. The van der Waals surface area contributed by atoms with Gasteiger partial charge in [0.1, 0.15) is 0 Å². The van der Waals surface area contributed by atoms with Crippen LogP contribution in [0.25, 0.3) is 0 Å². The third-order valence-electron chi connectivity index (χ3n) is 5.50. The summed E-state index contributed by atoms with van der Waals surface area (Å²) in [6, 6.07) is 6.70. The van der Waals surface area contributed by atoms with Gasteiger partial charge in [-0.2, -0.15) is 0 Å². The second-order valence-corrected chi connectivity index (χ2v) is 7.61. The summed E-state index contributed by atoms with van der Waals surface area (Å²) < 4.78 is 0. The van der Waals surface area contributed by atoms with Crippen LogP contribution < -0.4 is 10.6 Å². The van der Waals surface area contributed by atoms with E-state index in [-0.39, 0.29) is 5.91 Å².